The van der Waals surface area contributed by atoms with Crippen molar-refractivity contribution in [3.05, 3.63) is 16.0 Å². The fraction of sp³-hybridized carbons (Fsp3) is 0.667. The molecule has 0 aromatic carbocycles. The van der Waals surface area contributed by atoms with Crippen molar-refractivity contribution in [2.45, 2.75) is 45.4 Å². The monoisotopic (exact) mass is 283 g/mol. The van der Waals surface area contributed by atoms with Gasteiger partial charge in [-0.3, -0.25) is 0 Å². The average molecular weight is 284 g/mol. The molecule has 1 aromatic rings. The van der Waals surface area contributed by atoms with Crippen molar-refractivity contribution >= 4 is 21.7 Å². The molecule has 0 radical (unpaired) electrons. The van der Waals surface area contributed by atoms with Crippen LogP contribution in [0.2, 0.25) is 0 Å². The zero-order chi connectivity index (χ0) is 11.5. The summed E-state index contributed by atoms with van der Waals surface area (Å²) in [7, 11) is 0. The molecular formula is C12H18BrN3. The number of anilines is 1. The van der Waals surface area contributed by atoms with Gasteiger partial charge in [-0.25, -0.2) is 9.97 Å². The van der Waals surface area contributed by atoms with Gasteiger partial charge in [0, 0.05) is 12.5 Å². The summed E-state index contributed by atoms with van der Waals surface area (Å²) in [5, 5.41) is 3.28. The fourth-order valence-electron chi connectivity index (χ4n) is 2.23. The van der Waals surface area contributed by atoms with Crippen LogP contribution >= 0.6 is 15.9 Å². The van der Waals surface area contributed by atoms with Crippen LogP contribution in [0.5, 0.6) is 0 Å². The Bertz CT molecular complexity index is 373. The van der Waals surface area contributed by atoms with E-state index in [0.717, 1.165) is 28.4 Å². The molecule has 0 spiro atoms. The molecule has 0 bridgehead atoms. The molecule has 0 saturated heterocycles. The highest BCUT2D eigenvalue weighted by Gasteiger charge is 2.21. The minimum Gasteiger partial charge on any atom is -0.369 e. The van der Waals surface area contributed by atoms with Gasteiger partial charge in [-0.1, -0.05) is 12.8 Å². The quantitative estimate of drug-likeness (QED) is 0.920. The second-order valence-electron chi connectivity index (χ2n) is 4.34. The third-order valence-electron chi connectivity index (χ3n) is 3.10. The molecule has 4 heteroatoms. The van der Waals surface area contributed by atoms with Crippen LogP contribution in [0.1, 0.15) is 50.0 Å². The first-order valence-corrected chi connectivity index (χ1v) is 6.79. The van der Waals surface area contributed by atoms with Crippen molar-refractivity contribution in [3.8, 4) is 0 Å². The van der Waals surface area contributed by atoms with Crippen LogP contribution in [0, 0.1) is 6.92 Å². The molecule has 1 heterocycles. The Morgan fingerprint density at radius 3 is 2.62 bits per heavy atom. The molecule has 1 aliphatic carbocycles. The number of rotatable bonds is 3. The van der Waals surface area contributed by atoms with E-state index in [0.29, 0.717) is 5.92 Å². The predicted molar refractivity (Wildman–Crippen MR) is 69.8 cm³/mol. The Morgan fingerprint density at radius 1 is 1.31 bits per heavy atom. The summed E-state index contributed by atoms with van der Waals surface area (Å²) in [6.45, 7) is 5.00. The van der Waals surface area contributed by atoms with Crippen molar-refractivity contribution in [3.63, 3.8) is 0 Å². The Kier molecular flexibility index (Phi) is 3.79. The maximum absolute atomic E-state index is 4.64. The zero-order valence-corrected chi connectivity index (χ0v) is 11.5. The first-order chi connectivity index (χ1) is 7.72. The average Bonchev–Trinajstić information content (AvgIpc) is 2.78. The van der Waals surface area contributed by atoms with E-state index in [4.69, 9.17) is 0 Å². The molecule has 1 fully saturated rings. The maximum Gasteiger partial charge on any atom is 0.144 e. The number of hydrogen-bond acceptors (Lipinski definition) is 3. The smallest absolute Gasteiger partial charge is 0.144 e. The number of nitrogens with zero attached hydrogens (tertiary/aromatic N) is 2. The zero-order valence-electron chi connectivity index (χ0n) is 9.89. The minimum absolute atomic E-state index is 0.573. The van der Waals surface area contributed by atoms with Gasteiger partial charge < -0.3 is 5.32 Å². The van der Waals surface area contributed by atoms with Gasteiger partial charge in [-0.15, -0.1) is 0 Å². The molecule has 0 unspecified atom stereocenters. The SMILES string of the molecule is CCNc1nc(C2CCCC2)nc(C)c1Br. The molecule has 1 aliphatic rings. The molecule has 16 heavy (non-hydrogen) atoms. The van der Waals surface area contributed by atoms with E-state index >= 15 is 0 Å². The van der Waals surface area contributed by atoms with Crippen molar-refractivity contribution in [1.29, 1.82) is 0 Å². The van der Waals surface area contributed by atoms with Crippen molar-refractivity contribution in [2.75, 3.05) is 11.9 Å². The van der Waals surface area contributed by atoms with Gasteiger partial charge in [-0.2, -0.15) is 0 Å². The molecule has 3 nitrogen and oxygen atoms in total. The van der Waals surface area contributed by atoms with Crippen LogP contribution in [0.3, 0.4) is 0 Å². The molecule has 1 aromatic heterocycles. The van der Waals surface area contributed by atoms with Crippen LogP contribution in [0.25, 0.3) is 0 Å². The van der Waals surface area contributed by atoms with E-state index in [2.05, 4.69) is 38.1 Å². The standard InChI is InChI=1S/C12H18BrN3/c1-3-14-12-10(13)8(2)15-11(16-12)9-6-4-5-7-9/h9H,3-7H2,1-2H3,(H,14,15,16). The maximum atomic E-state index is 4.64. The van der Waals surface area contributed by atoms with Crippen molar-refractivity contribution in [1.82, 2.24) is 9.97 Å². The van der Waals surface area contributed by atoms with E-state index in [-0.39, 0.29) is 0 Å². The minimum atomic E-state index is 0.573. The molecule has 88 valence electrons. The van der Waals surface area contributed by atoms with Crippen LogP contribution in [-0.4, -0.2) is 16.5 Å². The highest BCUT2D eigenvalue weighted by atomic mass is 79.9. The van der Waals surface area contributed by atoms with Gasteiger partial charge >= 0.3 is 0 Å². The second-order valence-corrected chi connectivity index (χ2v) is 5.13. The van der Waals surface area contributed by atoms with Gasteiger partial charge in [0.1, 0.15) is 11.6 Å². The van der Waals surface area contributed by atoms with Gasteiger partial charge in [0.25, 0.3) is 0 Å². The number of aromatic nitrogens is 2. The molecular weight excluding hydrogens is 266 g/mol. The second kappa shape index (κ2) is 5.13. The number of halogens is 1. The van der Waals surface area contributed by atoms with Crippen LogP contribution in [0.15, 0.2) is 4.47 Å². The van der Waals surface area contributed by atoms with Crippen molar-refractivity contribution < 1.29 is 0 Å². The van der Waals surface area contributed by atoms with E-state index < -0.39 is 0 Å². The normalized spacial score (nSPS) is 16.7. The molecule has 0 atom stereocenters. The molecule has 1 N–H and O–H groups in total. The lowest BCUT2D eigenvalue weighted by Crippen LogP contribution is -2.08. The van der Waals surface area contributed by atoms with Gasteiger partial charge in [0.15, 0.2) is 0 Å². The molecule has 1 saturated carbocycles. The summed E-state index contributed by atoms with van der Waals surface area (Å²) >= 11 is 3.54. The Morgan fingerprint density at radius 2 is 2.00 bits per heavy atom. The summed E-state index contributed by atoms with van der Waals surface area (Å²) in [5.74, 6) is 2.54. The first-order valence-electron chi connectivity index (χ1n) is 6.00. The predicted octanol–water partition coefficient (Wildman–Crippen LogP) is 3.64. The molecule has 0 amide bonds. The van der Waals surface area contributed by atoms with Crippen LogP contribution in [0.4, 0.5) is 5.82 Å². The molecule has 2 rings (SSSR count). The Labute approximate surface area is 105 Å². The number of nitrogens with one attached hydrogen (secondary N) is 1. The summed E-state index contributed by atoms with van der Waals surface area (Å²) in [6, 6.07) is 0. The fourth-order valence-corrected chi connectivity index (χ4v) is 2.55. The third-order valence-corrected chi connectivity index (χ3v) is 4.05. The topological polar surface area (TPSA) is 37.8 Å². The summed E-state index contributed by atoms with van der Waals surface area (Å²) in [6.07, 6.45) is 5.12. The lowest BCUT2D eigenvalue weighted by molar-refractivity contribution is 0.663. The van der Waals surface area contributed by atoms with Gasteiger partial charge in [-0.05, 0) is 42.6 Å². The lowest BCUT2D eigenvalue weighted by Gasteiger charge is -2.13. The van der Waals surface area contributed by atoms with E-state index in [1.807, 2.05) is 6.92 Å². The van der Waals surface area contributed by atoms with Crippen LogP contribution in [-0.2, 0) is 0 Å². The van der Waals surface area contributed by atoms with Crippen LogP contribution < -0.4 is 5.32 Å². The van der Waals surface area contributed by atoms with Gasteiger partial charge in [0.05, 0.1) is 10.2 Å². The molecule has 0 aliphatic heterocycles. The number of hydrogen-bond donors (Lipinski definition) is 1. The first kappa shape index (κ1) is 11.8. The number of aryl methyl sites for hydroxylation is 1. The third kappa shape index (κ3) is 2.37. The van der Waals surface area contributed by atoms with Gasteiger partial charge in [0.2, 0.25) is 0 Å². The Balaban J connectivity index is 2.31. The largest absolute Gasteiger partial charge is 0.369 e. The lowest BCUT2D eigenvalue weighted by atomic mass is 10.1. The van der Waals surface area contributed by atoms with E-state index in [1.165, 1.54) is 25.7 Å². The summed E-state index contributed by atoms with van der Waals surface area (Å²) in [4.78, 5) is 9.24. The van der Waals surface area contributed by atoms with Crippen molar-refractivity contribution in [2.24, 2.45) is 0 Å². The summed E-state index contributed by atoms with van der Waals surface area (Å²) in [5.41, 5.74) is 1.04. The highest BCUT2D eigenvalue weighted by Crippen LogP contribution is 2.34. The highest BCUT2D eigenvalue weighted by molar-refractivity contribution is 9.10. The summed E-state index contributed by atoms with van der Waals surface area (Å²) < 4.78 is 0.996. The Hall–Kier alpha value is -0.640. The van der Waals surface area contributed by atoms with E-state index in [1.54, 1.807) is 0 Å². The van der Waals surface area contributed by atoms with E-state index in [9.17, 15) is 0 Å².